The Morgan fingerprint density at radius 3 is 2.85 bits per heavy atom. The minimum absolute atomic E-state index is 0.829. The quantitative estimate of drug-likeness (QED) is 0.667. The molecular weight excluding hydrogens is 184 g/mol. The van der Waals surface area contributed by atoms with E-state index in [-0.39, 0.29) is 0 Å². The van der Waals surface area contributed by atoms with Gasteiger partial charge in [-0.05, 0) is 31.0 Å². The first-order chi connectivity index (χ1) is 6.29. The standard InChI is InChI=1S/C10H13ClN2/c1-7-8(11)3-4-9-10(7)13-6-2-5-12-9/h3-4,12-13H,2,5-6H2,1H3. The van der Waals surface area contributed by atoms with Crippen LogP contribution in [0.2, 0.25) is 5.02 Å². The molecule has 0 aromatic heterocycles. The van der Waals surface area contributed by atoms with Gasteiger partial charge in [0, 0.05) is 18.1 Å². The molecule has 0 bridgehead atoms. The predicted molar refractivity (Wildman–Crippen MR) is 57.8 cm³/mol. The molecule has 0 spiro atoms. The minimum Gasteiger partial charge on any atom is -0.383 e. The average molecular weight is 197 g/mol. The Kier molecular flexibility index (Phi) is 2.32. The Morgan fingerprint density at radius 1 is 1.23 bits per heavy atom. The third-order valence-corrected chi connectivity index (χ3v) is 2.78. The molecule has 0 amide bonds. The van der Waals surface area contributed by atoms with E-state index < -0.39 is 0 Å². The maximum Gasteiger partial charge on any atom is 0.0620 e. The summed E-state index contributed by atoms with van der Waals surface area (Å²) < 4.78 is 0. The molecule has 2 N–H and O–H groups in total. The molecule has 1 aliphatic rings. The van der Waals surface area contributed by atoms with Crippen molar-refractivity contribution >= 4 is 23.0 Å². The second kappa shape index (κ2) is 3.46. The van der Waals surface area contributed by atoms with Crippen molar-refractivity contribution < 1.29 is 0 Å². The van der Waals surface area contributed by atoms with Crippen molar-refractivity contribution in [2.24, 2.45) is 0 Å². The van der Waals surface area contributed by atoms with Crippen LogP contribution in [0.4, 0.5) is 11.4 Å². The zero-order valence-corrected chi connectivity index (χ0v) is 8.41. The van der Waals surface area contributed by atoms with Crippen molar-refractivity contribution in [3.8, 4) is 0 Å². The van der Waals surface area contributed by atoms with Crippen LogP contribution in [-0.2, 0) is 0 Å². The molecule has 1 heterocycles. The summed E-state index contributed by atoms with van der Waals surface area (Å²) in [6, 6.07) is 3.97. The van der Waals surface area contributed by atoms with E-state index in [4.69, 9.17) is 11.6 Å². The summed E-state index contributed by atoms with van der Waals surface area (Å²) in [5.41, 5.74) is 3.46. The van der Waals surface area contributed by atoms with Gasteiger partial charge in [-0.15, -0.1) is 0 Å². The number of hydrogen-bond donors (Lipinski definition) is 2. The van der Waals surface area contributed by atoms with E-state index >= 15 is 0 Å². The van der Waals surface area contributed by atoms with E-state index in [0.29, 0.717) is 0 Å². The van der Waals surface area contributed by atoms with Crippen molar-refractivity contribution in [2.75, 3.05) is 23.7 Å². The molecule has 0 radical (unpaired) electrons. The predicted octanol–water partition coefficient (Wildman–Crippen LogP) is 2.88. The zero-order valence-electron chi connectivity index (χ0n) is 7.65. The Balaban J connectivity index is 2.48. The second-order valence-electron chi connectivity index (χ2n) is 3.30. The van der Waals surface area contributed by atoms with Crippen LogP contribution in [0.25, 0.3) is 0 Å². The minimum atomic E-state index is 0.829. The van der Waals surface area contributed by atoms with Crippen molar-refractivity contribution in [2.45, 2.75) is 13.3 Å². The molecule has 0 saturated carbocycles. The number of halogens is 1. The molecule has 2 nitrogen and oxygen atoms in total. The fourth-order valence-corrected chi connectivity index (χ4v) is 1.74. The SMILES string of the molecule is Cc1c(Cl)ccc2c1NCCCN2. The summed E-state index contributed by atoms with van der Waals surface area (Å²) in [4.78, 5) is 0. The van der Waals surface area contributed by atoms with E-state index in [2.05, 4.69) is 10.6 Å². The van der Waals surface area contributed by atoms with E-state index in [1.165, 1.54) is 5.69 Å². The van der Waals surface area contributed by atoms with Gasteiger partial charge in [0.25, 0.3) is 0 Å². The summed E-state index contributed by atoms with van der Waals surface area (Å²) in [7, 11) is 0. The van der Waals surface area contributed by atoms with Crippen LogP contribution in [0.15, 0.2) is 12.1 Å². The second-order valence-corrected chi connectivity index (χ2v) is 3.71. The Morgan fingerprint density at radius 2 is 2.00 bits per heavy atom. The lowest BCUT2D eigenvalue weighted by atomic mass is 10.1. The van der Waals surface area contributed by atoms with Gasteiger partial charge in [0.2, 0.25) is 0 Å². The Bertz CT molecular complexity index is 323. The van der Waals surface area contributed by atoms with Gasteiger partial charge in [0.15, 0.2) is 0 Å². The molecule has 13 heavy (non-hydrogen) atoms. The molecule has 2 rings (SSSR count). The number of benzene rings is 1. The van der Waals surface area contributed by atoms with Crippen LogP contribution in [0.5, 0.6) is 0 Å². The number of hydrogen-bond acceptors (Lipinski definition) is 2. The lowest BCUT2D eigenvalue weighted by Gasteiger charge is -2.12. The van der Waals surface area contributed by atoms with Gasteiger partial charge in [-0.25, -0.2) is 0 Å². The summed E-state index contributed by atoms with van der Waals surface area (Å²) in [6.45, 7) is 4.09. The van der Waals surface area contributed by atoms with E-state index in [1.54, 1.807) is 0 Å². The molecule has 70 valence electrons. The third-order valence-electron chi connectivity index (χ3n) is 2.37. The van der Waals surface area contributed by atoms with Gasteiger partial charge in [0.05, 0.1) is 11.4 Å². The molecule has 0 unspecified atom stereocenters. The monoisotopic (exact) mass is 196 g/mol. The number of rotatable bonds is 0. The van der Waals surface area contributed by atoms with Gasteiger partial charge >= 0.3 is 0 Å². The highest BCUT2D eigenvalue weighted by atomic mass is 35.5. The molecule has 1 aromatic rings. The molecule has 0 fully saturated rings. The number of nitrogens with one attached hydrogen (secondary N) is 2. The number of anilines is 2. The normalized spacial score (nSPS) is 15.2. The highest BCUT2D eigenvalue weighted by molar-refractivity contribution is 6.32. The van der Waals surface area contributed by atoms with Crippen molar-refractivity contribution in [3.63, 3.8) is 0 Å². The molecule has 0 aliphatic carbocycles. The highest BCUT2D eigenvalue weighted by Crippen LogP contribution is 2.32. The first-order valence-electron chi connectivity index (χ1n) is 4.56. The van der Waals surface area contributed by atoms with Crippen LogP contribution in [0.3, 0.4) is 0 Å². The lowest BCUT2D eigenvalue weighted by molar-refractivity contribution is 0.928. The van der Waals surface area contributed by atoms with Crippen molar-refractivity contribution in [3.05, 3.63) is 22.7 Å². The first-order valence-corrected chi connectivity index (χ1v) is 4.93. The summed E-state index contributed by atoms with van der Waals surface area (Å²) >= 11 is 6.03. The lowest BCUT2D eigenvalue weighted by Crippen LogP contribution is -2.01. The van der Waals surface area contributed by atoms with Gasteiger partial charge < -0.3 is 10.6 Å². The molecule has 1 aliphatic heterocycles. The van der Waals surface area contributed by atoms with Gasteiger partial charge in [-0.3, -0.25) is 0 Å². The maximum atomic E-state index is 6.03. The topological polar surface area (TPSA) is 24.1 Å². The van der Waals surface area contributed by atoms with Crippen LogP contribution < -0.4 is 10.6 Å². The smallest absolute Gasteiger partial charge is 0.0620 e. The summed E-state index contributed by atoms with van der Waals surface area (Å²) in [5.74, 6) is 0. The zero-order chi connectivity index (χ0) is 9.26. The van der Waals surface area contributed by atoms with Crippen LogP contribution in [0, 0.1) is 6.92 Å². The molecule has 0 saturated heterocycles. The fourth-order valence-electron chi connectivity index (χ4n) is 1.59. The van der Waals surface area contributed by atoms with Gasteiger partial charge in [-0.1, -0.05) is 11.6 Å². The Hall–Kier alpha value is -0.890. The molecular formula is C10H13ClN2. The number of fused-ring (bicyclic) bond motifs is 1. The van der Waals surface area contributed by atoms with E-state index in [1.807, 2.05) is 19.1 Å². The Labute approximate surface area is 83.3 Å². The summed E-state index contributed by atoms with van der Waals surface area (Å²) in [5, 5.41) is 7.59. The molecule has 0 atom stereocenters. The molecule has 1 aromatic carbocycles. The third kappa shape index (κ3) is 1.59. The van der Waals surface area contributed by atoms with Crippen molar-refractivity contribution in [1.82, 2.24) is 0 Å². The van der Waals surface area contributed by atoms with Crippen LogP contribution in [0.1, 0.15) is 12.0 Å². The average Bonchev–Trinajstić information content (AvgIpc) is 2.36. The highest BCUT2D eigenvalue weighted by Gasteiger charge is 2.10. The largest absolute Gasteiger partial charge is 0.383 e. The molecule has 3 heteroatoms. The van der Waals surface area contributed by atoms with E-state index in [9.17, 15) is 0 Å². The van der Waals surface area contributed by atoms with Crippen LogP contribution >= 0.6 is 11.6 Å². The van der Waals surface area contributed by atoms with Gasteiger partial charge in [0.1, 0.15) is 0 Å². The van der Waals surface area contributed by atoms with E-state index in [0.717, 1.165) is 35.8 Å². The summed E-state index contributed by atoms with van der Waals surface area (Å²) in [6.07, 6.45) is 1.14. The van der Waals surface area contributed by atoms with Crippen LogP contribution in [-0.4, -0.2) is 13.1 Å². The fraction of sp³-hybridized carbons (Fsp3) is 0.400. The van der Waals surface area contributed by atoms with Gasteiger partial charge in [-0.2, -0.15) is 0 Å². The first kappa shape index (κ1) is 8.70. The van der Waals surface area contributed by atoms with Crippen molar-refractivity contribution in [1.29, 1.82) is 0 Å². The maximum absolute atomic E-state index is 6.03.